The van der Waals surface area contributed by atoms with Crippen molar-refractivity contribution in [3.63, 3.8) is 0 Å². The van der Waals surface area contributed by atoms with Crippen LogP contribution in [0.5, 0.6) is 0 Å². The molecule has 0 spiro atoms. The van der Waals surface area contributed by atoms with E-state index in [1.54, 1.807) is 11.3 Å². The average Bonchev–Trinajstić information content (AvgIpc) is 3.40. The monoisotopic (exact) mass is 427 g/mol. The van der Waals surface area contributed by atoms with Crippen LogP contribution >= 0.6 is 22.7 Å². The molecule has 7 heteroatoms. The summed E-state index contributed by atoms with van der Waals surface area (Å²) >= 11 is 3.08. The van der Waals surface area contributed by atoms with Gasteiger partial charge in [-0.2, -0.15) is 0 Å². The summed E-state index contributed by atoms with van der Waals surface area (Å²) in [6.07, 6.45) is 10.3. The summed E-state index contributed by atoms with van der Waals surface area (Å²) in [7, 11) is 0. The molecule has 152 valence electrons. The second-order valence-corrected chi connectivity index (χ2v) is 10.2. The third kappa shape index (κ3) is 3.78. The van der Waals surface area contributed by atoms with E-state index < -0.39 is 0 Å². The topological polar surface area (TPSA) is 64.0 Å². The van der Waals surface area contributed by atoms with Gasteiger partial charge in [-0.3, -0.25) is 14.2 Å². The lowest BCUT2D eigenvalue weighted by Crippen LogP contribution is -2.43. The van der Waals surface area contributed by atoms with Crippen molar-refractivity contribution in [1.29, 1.82) is 0 Å². The molecule has 2 aliphatic rings. The van der Waals surface area contributed by atoms with Gasteiger partial charge in [0.1, 0.15) is 11.4 Å². The Labute approximate surface area is 177 Å². The number of hydrogen-bond acceptors (Lipinski definition) is 5. The predicted molar refractivity (Wildman–Crippen MR) is 118 cm³/mol. The molecule has 5 nitrogen and oxygen atoms in total. The third-order valence-corrected chi connectivity index (χ3v) is 8.36. The summed E-state index contributed by atoms with van der Waals surface area (Å²) in [4.78, 5) is 32.0. The number of nitrogens with zero attached hydrogens (tertiary/aromatic N) is 2. The number of thiophene rings is 2. The summed E-state index contributed by atoms with van der Waals surface area (Å²) in [5.74, 6) is 1.54. The van der Waals surface area contributed by atoms with E-state index in [-0.39, 0.29) is 24.1 Å². The first kappa shape index (κ1) is 19.0. The van der Waals surface area contributed by atoms with Crippen LogP contribution in [0.4, 0.5) is 0 Å². The summed E-state index contributed by atoms with van der Waals surface area (Å²) in [5.41, 5.74) is 0.786. The Morgan fingerprint density at radius 2 is 2.03 bits per heavy atom. The second kappa shape index (κ2) is 8.03. The minimum Gasteiger partial charge on any atom is -0.352 e. The van der Waals surface area contributed by atoms with Crippen LogP contribution in [0, 0.1) is 11.8 Å². The molecule has 2 fully saturated rings. The Bertz CT molecular complexity index is 1070. The highest BCUT2D eigenvalue weighted by molar-refractivity contribution is 7.18. The standard InChI is InChI=1S/C22H25N3O2S2/c26-19(24-16-8-7-14-4-1-2-5-15(14)10-16)11-25-13-23-21-20(22(25)27)17(12-29-21)18-6-3-9-28-18/h3,6,9,12-16H,1-2,4-5,7-8,10-11H2,(H,24,26). The number of aromatic nitrogens is 2. The summed E-state index contributed by atoms with van der Waals surface area (Å²) < 4.78 is 1.45. The van der Waals surface area contributed by atoms with E-state index in [9.17, 15) is 9.59 Å². The summed E-state index contributed by atoms with van der Waals surface area (Å²) in [6.45, 7) is 0.0338. The maximum absolute atomic E-state index is 13.1. The molecule has 3 atom stereocenters. The van der Waals surface area contributed by atoms with Gasteiger partial charge in [-0.05, 0) is 42.5 Å². The highest BCUT2D eigenvalue weighted by atomic mass is 32.1. The van der Waals surface area contributed by atoms with Crippen molar-refractivity contribution in [2.24, 2.45) is 11.8 Å². The minimum absolute atomic E-state index is 0.0338. The zero-order chi connectivity index (χ0) is 19.8. The SMILES string of the molecule is O=C(Cn1cnc2scc(-c3cccs3)c2c1=O)NC1CCC2CCCCC2C1. The number of amides is 1. The van der Waals surface area contributed by atoms with E-state index in [1.807, 2.05) is 22.9 Å². The van der Waals surface area contributed by atoms with E-state index >= 15 is 0 Å². The van der Waals surface area contributed by atoms with Gasteiger partial charge in [0.25, 0.3) is 5.56 Å². The van der Waals surface area contributed by atoms with Gasteiger partial charge in [0.2, 0.25) is 5.91 Å². The fraction of sp³-hybridized carbons (Fsp3) is 0.500. The lowest BCUT2D eigenvalue weighted by Gasteiger charge is -2.39. The van der Waals surface area contributed by atoms with Crippen LogP contribution in [-0.4, -0.2) is 21.5 Å². The third-order valence-electron chi connectivity index (χ3n) is 6.57. The van der Waals surface area contributed by atoms with Gasteiger partial charge < -0.3 is 5.32 Å². The predicted octanol–water partition coefficient (Wildman–Crippen LogP) is 4.66. The molecule has 3 unspecified atom stereocenters. The average molecular weight is 428 g/mol. The zero-order valence-electron chi connectivity index (χ0n) is 16.3. The molecule has 1 amide bonds. The van der Waals surface area contributed by atoms with E-state index in [0.29, 0.717) is 5.39 Å². The molecule has 0 aliphatic heterocycles. The maximum atomic E-state index is 13.1. The number of hydrogen-bond donors (Lipinski definition) is 1. The van der Waals surface area contributed by atoms with E-state index in [2.05, 4.69) is 10.3 Å². The quantitative estimate of drug-likeness (QED) is 0.658. The first-order chi connectivity index (χ1) is 14.2. The molecule has 0 saturated heterocycles. The van der Waals surface area contributed by atoms with Gasteiger partial charge in [0.15, 0.2) is 0 Å². The van der Waals surface area contributed by atoms with Crippen molar-refractivity contribution in [3.05, 3.63) is 39.6 Å². The van der Waals surface area contributed by atoms with Crippen molar-refractivity contribution >= 4 is 38.8 Å². The Morgan fingerprint density at radius 1 is 1.17 bits per heavy atom. The Balaban J connectivity index is 1.31. The van der Waals surface area contributed by atoms with Crippen molar-refractivity contribution < 1.29 is 4.79 Å². The van der Waals surface area contributed by atoms with Crippen LogP contribution in [0.25, 0.3) is 20.7 Å². The van der Waals surface area contributed by atoms with E-state index in [4.69, 9.17) is 0 Å². The highest BCUT2D eigenvalue weighted by Gasteiger charge is 2.32. The van der Waals surface area contributed by atoms with E-state index in [1.165, 1.54) is 54.3 Å². The van der Waals surface area contributed by atoms with Crippen LogP contribution in [0.15, 0.2) is 34.0 Å². The molecule has 5 rings (SSSR count). The summed E-state index contributed by atoms with van der Waals surface area (Å²) in [6, 6.07) is 4.24. The van der Waals surface area contributed by atoms with Crippen LogP contribution < -0.4 is 10.9 Å². The summed E-state index contributed by atoms with van der Waals surface area (Å²) in [5, 5.41) is 7.80. The van der Waals surface area contributed by atoms with Gasteiger partial charge in [-0.15, -0.1) is 22.7 Å². The normalized spacial score (nSPS) is 24.3. The Kier molecular flexibility index (Phi) is 5.26. The van der Waals surface area contributed by atoms with Gasteiger partial charge in [-0.25, -0.2) is 4.98 Å². The maximum Gasteiger partial charge on any atom is 0.263 e. The van der Waals surface area contributed by atoms with Crippen LogP contribution in [-0.2, 0) is 11.3 Å². The molecule has 0 radical (unpaired) electrons. The molecular weight excluding hydrogens is 402 g/mol. The van der Waals surface area contributed by atoms with Gasteiger partial charge in [0, 0.05) is 21.9 Å². The van der Waals surface area contributed by atoms with Crippen LogP contribution in [0.3, 0.4) is 0 Å². The fourth-order valence-electron chi connectivity index (χ4n) is 5.13. The fourth-order valence-corrected chi connectivity index (χ4v) is 6.85. The van der Waals surface area contributed by atoms with Crippen molar-refractivity contribution in [1.82, 2.24) is 14.9 Å². The minimum atomic E-state index is -0.134. The van der Waals surface area contributed by atoms with Crippen molar-refractivity contribution in [2.75, 3.05) is 0 Å². The van der Waals surface area contributed by atoms with Gasteiger partial charge >= 0.3 is 0 Å². The largest absolute Gasteiger partial charge is 0.352 e. The smallest absolute Gasteiger partial charge is 0.263 e. The second-order valence-electron chi connectivity index (χ2n) is 8.37. The zero-order valence-corrected chi connectivity index (χ0v) is 17.9. The molecular formula is C22H25N3O2S2. The molecule has 1 N–H and O–H groups in total. The van der Waals surface area contributed by atoms with Crippen molar-refractivity contribution in [2.45, 2.75) is 57.5 Å². The van der Waals surface area contributed by atoms with Crippen molar-refractivity contribution in [3.8, 4) is 10.4 Å². The molecule has 0 bridgehead atoms. The molecule has 3 heterocycles. The van der Waals surface area contributed by atoms with Crippen LogP contribution in [0.2, 0.25) is 0 Å². The number of fused-ring (bicyclic) bond motifs is 2. The molecule has 3 aromatic rings. The highest BCUT2D eigenvalue weighted by Crippen LogP contribution is 2.40. The number of carbonyl (C=O) groups excluding carboxylic acids is 1. The lowest BCUT2D eigenvalue weighted by molar-refractivity contribution is -0.122. The molecule has 3 aromatic heterocycles. The van der Waals surface area contributed by atoms with Gasteiger partial charge in [0.05, 0.1) is 11.7 Å². The molecule has 0 aromatic carbocycles. The molecule has 2 aliphatic carbocycles. The number of carbonyl (C=O) groups is 1. The molecule has 2 saturated carbocycles. The lowest BCUT2D eigenvalue weighted by atomic mass is 9.69. The van der Waals surface area contributed by atoms with E-state index in [0.717, 1.165) is 39.9 Å². The molecule has 29 heavy (non-hydrogen) atoms. The number of rotatable bonds is 4. The number of nitrogens with one attached hydrogen (secondary N) is 1. The first-order valence-electron chi connectivity index (χ1n) is 10.5. The first-order valence-corrected chi connectivity index (χ1v) is 12.2. The Hall–Kier alpha value is -1.99. The van der Waals surface area contributed by atoms with Crippen LogP contribution in [0.1, 0.15) is 44.9 Å². The Morgan fingerprint density at radius 3 is 2.86 bits per heavy atom. The van der Waals surface area contributed by atoms with Gasteiger partial charge in [-0.1, -0.05) is 31.7 Å².